The predicted octanol–water partition coefficient (Wildman–Crippen LogP) is 1.79. The number of H-pyrrole nitrogens is 1. The first kappa shape index (κ1) is 13.9. The molecule has 0 saturated heterocycles. The Morgan fingerprint density at radius 1 is 1.36 bits per heavy atom. The Morgan fingerprint density at radius 2 is 2.18 bits per heavy atom. The van der Waals surface area contributed by atoms with E-state index in [1.54, 1.807) is 6.07 Å². The molecule has 0 atom stereocenters. The van der Waals surface area contributed by atoms with Crippen molar-refractivity contribution in [2.75, 3.05) is 6.61 Å². The van der Waals surface area contributed by atoms with Crippen molar-refractivity contribution < 1.29 is 14.6 Å². The Bertz CT molecular complexity index is 911. The molecule has 0 amide bonds. The fraction of sp³-hybridized carbons (Fsp3) is 0.133. The van der Waals surface area contributed by atoms with Crippen molar-refractivity contribution in [2.45, 2.75) is 6.92 Å². The number of hydrogen-bond donors (Lipinski definition) is 2. The summed E-state index contributed by atoms with van der Waals surface area (Å²) in [4.78, 5) is 26.8. The van der Waals surface area contributed by atoms with E-state index < -0.39 is 11.5 Å². The van der Waals surface area contributed by atoms with Crippen molar-refractivity contribution in [3.05, 3.63) is 52.4 Å². The van der Waals surface area contributed by atoms with Crippen LogP contribution in [0.4, 0.5) is 0 Å². The van der Waals surface area contributed by atoms with E-state index in [1.165, 1.54) is 4.52 Å². The number of fused-ring (bicyclic) bond motifs is 1. The summed E-state index contributed by atoms with van der Waals surface area (Å²) in [5.74, 6) is -0.522. The molecule has 0 aliphatic rings. The molecule has 112 valence electrons. The molecule has 22 heavy (non-hydrogen) atoms. The smallest absolute Gasteiger partial charge is 0.354 e. The maximum Gasteiger partial charge on any atom is 0.354 e. The molecule has 2 N–H and O–H groups in total. The minimum Gasteiger partial charge on any atom is -0.494 e. The number of aromatic amines is 1. The Labute approximate surface area is 124 Å². The molecule has 0 bridgehead atoms. The van der Waals surface area contributed by atoms with Crippen LogP contribution in [0.1, 0.15) is 17.4 Å². The number of ether oxygens (including phenoxy) is 1. The zero-order valence-corrected chi connectivity index (χ0v) is 11.7. The quantitative estimate of drug-likeness (QED) is 0.765. The predicted molar refractivity (Wildman–Crippen MR) is 79.4 cm³/mol. The highest BCUT2D eigenvalue weighted by Crippen LogP contribution is 2.23. The molecule has 2 heterocycles. The number of rotatable bonds is 4. The molecule has 7 nitrogen and oxygen atoms in total. The first-order valence-electron chi connectivity index (χ1n) is 6.68. The molecule has 0 aliphatic carbocycles. The first-order valence-corrected chi connectivity index (χ1v) is 6.68. The van der Waals surface area contributed by atoms with Gasteiger partial charge in [-0.15, -0.1) is 0 Å². The van der Waals surface area contributed by atoms with Crippen molar-refractivity contribution in [1.82, 2.24) is 14.6 Å². The summed E-state index contributed by atoms with van der Waals surface area (Å²) in [5.41, 5.74) is 0.955. The van der Waals surface area contributed by atoms with E-state index in [0.717, 1.165) is 11.6 Å². The van der Waals surface area contributed by atoms with Crippen molar-refractivity contribution in [1.29, 1.82) is 0 Å². The van der Waals surface area contributed by atoms with E-state index in [-0.39, 0.29) is 11.3 Å². The normalized spacial score (nSPS) is 10.8. The highest BCUT2D eigenvalue weighted by Gasteiger charge is 2.12. The van der Waals surface area contributed by atoms with Crippen LogP contribution in [-0.2, 0) is 0 Å². The number of aromatic carboxylic acids is 1. The summed E-state index contributed by atoms with van der Waals surface area (Å²) < 4.78 is 6.64. The molecule has 0 spiro atoms. The van der Waals surface area contributed by atoms with Gasteiger partial charge in [0.2, 0.25) is 0 Å². The van der Waals surface area contributed by atoms with Crippen molar-refractivity contribution in [2.24, 2.45) is 0 Å². The Kier molecular flexibility index (Phi) is 3.38. The summed E-state index contributed by atoms with van der Waals surface area (Å²) >= 11 is 0. The number of benzene rings is 1. The first-order chi connectivity index (χ1) is 10.6. The standard InChI is InChI=1S/C15H13N3O4/c1-2-22-10-5-3-4-9(6-10)11-7-13-16-12(15(20)21)8-14(19)18(13)17-11/h3-8,17H,2H2,1H3,(H,20,21). The van der Waals surface area contributed by atoms with Crippen LogP contribution < -0.4 is 10.3 Å². The van der Waals surface area contributed by atoms with Crippen LogP contribution in [0.3, 0.4) is 0 Å². The Morgan fingerprint density at radius 3 is 2.91 bits per heavy atom. The second kappa shape index (κ2) is 5.36. The molecule has 0 aliphatic heterocycles. The average molecular weight is 299 g/mol. The molecule has 0 fully saturated rings. The van der Waals surface area contributed by atoms with Crippen LogP contribution in [0.15, 0.2) is 41.2 Å². The van der Waals surface area contributed by atoms with Crippen LogP contribution in [0.25, 0.3) is 16.9 Å². The average Bonchev–Trinajstić information content (AvgIpc) is 2.92. The van der Waals surface area contributed by atoms with Gasteiger partial charge in [0.15, 0.2) is 11.3 Å². The van der Waals surface area contributed by atoms with Crippen LogP contribution in [0, 0.1) is 0 Å². The minimum atomic E-state index is -1.24. The summed E-state index contributed by atoms with van der Waals surface area (Å²) in [6, 6.07) is 9.96. The van der Waals surface area contributed by atoms with E-state index in [1.807, 2.05) is 31.2 Å². The summed E-state index contributed by atoms with van der Waals surface area (Å²) in [6.45, 7) is 2.45. The fourth-order valence-corrected chi connectivity index (χ4v) is 2.17. The topological polar surface area (TPSA) is 96.7 Å². The second-order valence-electron chi connectivity index (χ2n) is 4.61. The van der Waals surface area contributed by atoms with Crippen molar-refractivity contribution >= 4 is 11.6 Å². The number of carboxylic acids is 1. The lowest BCUT2D eigenvalue weighted by Gasteiger charge is -2.04. The lowest BCUT2D eigenvalue weighted by atomic mass is 10.1. The van der Waals surface area contributed by atoms with Crippen LogP contribution in [-0.4, -0.2) is 32.3 Å². The fourth-order valence-electron chi connectivity index (χ4n) is 2.17. The van der Waals surface area contributed by atoms with Gasteiger partial charge in [0.05, 0.1) is 12.3 Å². The summed E-state index contributed by atoms with van der Waals surface area (Å²) in [5, 5.41) is 11.9. The molecule has 7 heteroatoms. The molecule has 3 aromatic rings. The Balaban J connectivity index is 2.12. The van der Waals surface area contributed by atoms with Gasteiger partial charge in [-0.3, -0.25) is 9.89 Å². The van der Waals surface area contributed by atoms with Gasteiger partial charge in [-0.2, -0.15) is 0 Å². The third-order valence-electron chi connectivity index (χ3n) is 3.13. The van der Waals surface area contributed by atoms with E-state index in [9.17, 15) is 9.59 Å². The highest BCUT2D eigenvalue weighted by atomic mass is 16.5. The molecule has 0 saturated carbocycles. The monoisotopic (exact) mass is 299 g/mol. The van der Waals surface area contributed by atoms with Gasteiger partial charge < -0.3 is 9.84 Å². The number of carboxylic acid groups (broad SMARTS) is 1. The SMILES string of the molecule is CCOc1cccc(-c2cc3nc(C(=O)O)cc(=O)n3[nH]2)c1. The number of nitrogens with one attached hydrogen (secondary N) is 1. The largest absolute Gasteiger partial charge is 0.494 e. The number of aromatic nitrogens is 3. The molecule has 2 aromatic heterocycles. The molecular formula is C15H13N3O4. The number of nitrogens with zero attached hydrogens (tertiary/aromatic N) is 2. The van der Waals surface area contributed by atoms with Crippen molar-refractivity contribution in [3.63, 3.8) is 0 Å². The summed E-state index contributed by atoms with van der Waals surface area (Å²) in [6.07, 6.45) is 0. The van der Waals surface area contributed by atoms with Gasteiger partial charge in [-0.05, 0) is 19.1 Å². The lowest BCUT2D eigenvalue weighted by Crippen LogP contribution is -2.17. The maximum absolute atomic E-state index is 11.9. The van der Waals surface area contributed by atoms with Gasteiger partial charge in [0.1, 0.15) is 5.75 Å². The number of hydrogen-bond acceptors (Lipinski definition) is 4. The Hall–Kier alpha value is -3.09. The molecule has 0 radical (unpaired) electrons. The van der Waals surface area contributed by atoms with Gasteiger partial charge in [-0.25, -0.2) is 14.3 Å². The molecule has 0 unspecified atom stereocenters. The van der Waals surface area contributed by atoms with E-state index in [2.05, 4.69) is 10.1 Å². The number of carbonyl (C=O) groups is 1. The van der Waals surface area contributed by atoms with Crippen LogP contribution in [0.5, 0.6) is 5.75 Å². The van der Waals surface area contributed by atoms with Crippen molar-refractivity contribution in [3.8, 4) is 17.0 Å². The third-order valence-corrected chi connectivity index (χ3v) is 3.13. The minimum absolute atomic E-state index is 0.252. The zero-order chi connectivity index (χ0) is 15.7. The lowest BCUT2D eigenvalue weighted by molar-refractivity contribution is 0.0690. The molecular weight excluding hydrogens is 286 g/mol. The van der Waals surface area contributed by atoms with Gasteiger partial charge in [0.25, 0.3) is 5.56 Å². The van der Waals surface area contributed by atoms with Gasteiger partial charge in [0, 0.05) is 17.7 Å². The highest BCUT2D eigenvalue weighted by molar-refractivity contribution is 5.85. The van der Waals surface area contributed by atoms with Gasteiger partial charge in [-0.1, -0.05) is 12.1 Å². The van der Waals surface area contributed by atoms with E-state index >= 15 is 0 Å². The van der Waals surface area contributed by atoms with E-state index in [0.29, 0.717) is 18.1 Å². The summed E-state index contributed by atoms with van der Waals surface area (Å²) in [7, 11) is 0. The molecule has 1 aromatic carbocycles. The zero-order valence-electron chi connectivity index (χ0n) is 11.7. The van der Waals surface area contributed by atoms with E-state index in [4.69, 9.17) is 9.84 Å². The second-order valence-corrected chi connectivity index (χ2v) is 4.61. The van der Waals surface area contributed by atoms with Crippen LogP contribution in [0.2, 0.25) is 0 Å². The maximum atomic E-state index is 11.9. The third kappa shape index (κ3) is 2.44. The van der Waals surface area contributed by atoms with Gasteiger partial charge >= 0.3 is 5.97 Å². The molecule has 3 rings (SSSR count). The van der Waals surface area contributed by atoms with Crippen LogP contribution >= 0.6 is 0 Å².